The van der Waals surface area contributed by atoms with Crippen molar-refractivity contribution < 1.29 is 9.32 Å². The Morgan fingerprint density at radius 3 is 3.18 bits per heavy atom. The minimum Gasteiger partial charge on any atom is -0.342 e. The summed E-state index contributed by atoms with van der Waals surface area (Å²) in [5.74, 6) is 1.80. The smallest absolute Gasteiger partial charge is 0.223 e. The van der Waals surface area contributed by atoms with E-state index in [0.717, 1.165) is 44.6 Å². The van der Waals surface area contributed by atoms with Crippen LogP contribution in [0, 0.1) is 6.92 Å². The van der Waals surface area contributed by atoms with Gasteiger partial charge in [0.05, 0.1) is 0 Å². The van der Waals surface area contributed by atoms with E-state index in [4.69, 9.17) is 4.52 Å². The summed E-state index contributed by atoms with van der Waals surface area (Å²) in [4.78, 5) is 20.0. The van der Waals surface area contributed by atoms with Gasteiger partial charge in [0.2, 0.25) is 11.8 Å². The summed E-state index contributed by atoms with van der Waals surface area (Å²) in [6, 6.07) is 4.19. The molecule has 1 amide bonds. The lowest BCUT2D eigenvalue weighted by molar-refractivity contribution is -0.132. The Bertz CT molecular complexity index is 609. The minimum atomic E-state index is 0.215. The Balaban J connectivity index is 1.49. The number of carbonyl (C=O) groups excluding carboxylic acids is 1. The van der Waals surface area contributed by atoms with Crippen LogP contribution in [0.3, 0.4) is 0 Å². The van der Waals surface area contributed by atoms with Gasteiger partial charge in [0.1, 0.15) is 0 Å². The number of piperidine rings is 1. The number of hydrogen-bond acceptors (Lipinski definition) is 5. The molecule has 118 valence electrons. The summed E-state index contributed by atoms with van der Waals surface area (Å²) in [6.45, 7) is 3.37. The fourth-order valence-electron chi connectivity index (χ4n) is 2.92. The van der Waals surface area contributed by atoms with Gasteiger partial charge in [-0.05, 0) is 37.1 Å². The van der Waals surface area contributed by atoms with Gasteiger partial charge in [0, 0.05) is 37.2 Å². The first-order chi connectivity index (χ1) is 10.7. The molecule has 0 aliphatic carbocycles. The highest BCUT2D eigenvalue weighted by atomic mass is 32.1. The van der Waals surface area contributed by atoms with E-state index in [-0.39, 0.29) is 11.8 Å². The molecule has 0 radical (unpaired) electrons. The highest BCUT2D eigenvalue weighted by molar-refractivity contribution is 7.09. The molecule has 1 fully saturated rings. The van der Waals surface area contributed by atoms with Gasteiger partial charge in [-0.1, -0.05) is 11.2 Å². The van der Waals surface area contributed by atoms with E-state index in [0.29, 0.717) is 12.3 Å². The van der Waals surface area contributed by atoms with Crippen LogP contribution in [0.15, 0.2) is 22.0 Å². The van der Waals surface area contributed by atoms with Gasteiger partial charge in [-0.2, -0.15) is 4.98 Å². The number of likely N-dealkylation sites (tertiary alicyclic amines) is 1. The highest BCUT2D eigenvalue weighted by Gasteiger charge is 2.27. The SMILES string of the molecule is Cc1nc(C2CCCN(C(=O)CCCc3cccs3)C2)no1. The van der Waals surface area contributed by atoms with Gasteiger partial charge in [0.15, 0.2) is 5.82 Å². The number of nitrogens with zero attached hydrogens (tertiary/aromatic N) is 3. The first kappa shape index (κ1) is 15.2. The lowest BCUT2D eigenvalue weighted by atomic mass is 9.97. The molecule has 3 rings (SSSR count). The molecule has 0 N–H and O–H groups in total. The monoisotopic (exact) mass is 319 g/mol. The third-order valence-corrected chi connectivity index (χ3v) is 5.01. The maximum absolute atomic E-state index is 12.4. The second-order valence-corrected chi connectivity index (χ2v) is 6.82. The van der Waals surface area contributed by atoms with E-state index >= 15 is 0 Å². The molecule has 1 aliphatic heterocycles. The molecule has 2 aromatic rings. The quantitative estimate of drug-likeness (QED) is 0.849. The normalized spacial score (nSPS) is 18.6. The maximum Gasteiger partial charge on any atom is 0.223 e. The van der Waals surface area contributed by atoms with E-state index in [2.05, 4.69) is 27.7 Å². The van der Waals surface area contributed by atoms with Crippen molar-refractivity contribution >= 4 is 17.2 Å². The average molecular weight is 319 g/mol. The summed E-state index contributed by atoms with van der Waals surface area (Å²) >= 11 is 1.76. The summed E-state index contributed by atoms with van der Waals surface area (Å²) in [5, 5.41) is 6.09. The second kappa shape index (κ2) is 7.05. The Hall–Kier alpha value is -1.69. The molecule has 0 aromatic carbocycles. The van der Waals surface area contributed by atoms with E-state index in [9.17, 15) is 4.79 Å². The topological polar surface area (TPSA) is 59.2 Å². The van der Waals surface area contributed by atoms with Crippen LogP contribution in [0.1, 0.15) is 48.2 Å². The maximum atomic E-state index is 12.4. The number of thiophene rings is 1. The first-order valence-electron chi connectivity index (χ1n) is 7.83. The van der Waals surface area contributed by atoms with E-state index in [1.54, 1.807) is 18.3 Å². The van der Waals surface area contributed by atoms with E-state index in [1.807, 2.05) is 4.90 Å². The van der Waals surface area contributed by atoms with Crippen LogP contribution in [0.4, 0.5) is 0 Å². The van der Waals surface area contributed by atoms with Crippen molar-refractivity contribution in [1.82, 2.24) is 15.0 Å². The molecular weight excluding hydrogens is 298 g/mol. The summed E-state index contributed by atoms with van der Waals surface area (Å²) in [5.41, 5.74) is 0. The molecule has 6 heteroatoms. The average Bonchev–Trinajstić information content (AvgIpc) is 3.19. The zero-order valence-corrected chi connectivity index (χ0v) is 13.6. The number of carbonyl (C=O) groups is 1. The minimum absolute atomic E-state index is 0.215. The molecule has 0 spiro atoms. The highest BCUT2D eigenvalue weighted by Crippen LogP contribution is 2.25. The van der Waals surface area contributed by atoms with Crippen LogP contribution in [-0.2, 0) is 11.2 Å². The largest absolute Gasteiger partial charge is 0.342 e. The summed E-state index contributed by atoms with van der Waals surface area (Å²) in [7, 11) is 0. The van der Waals surface area contributed by atoms with Crippen molar-refractivity contribution in [3.05, 3.63) is 34.1 Å². The van der Waals surface area contributed by atoms with Crippen molar-refractivity contribution in [3.8, 4) is 0 Å². The van der Waals surface area contributed by atoms with Crippen LogP contribution in [-0.4, -0.2) is 34.0 Å². The van der Waals surface area contributed by atoms with Gasteiger partial charge in [-0.3, -0.25) is 4.79 Å². The predicted octanol–water partition coefficient (Wildman–Crippen LogP) is 3.17. The molecule has 1 aliphatic rings. The molecule has 22 heavy (non-hydrogen) atoms. The first-order valence-corrected chi connectivity index (χ1v) is 8.70. The molecule has 1 saturated heterocycles. The van der Waals surface area contributed by atoms with Crippen molar-refractivity contribution in [3.63, 3.8) is 0 Å². The lowest BCUT2D eigenvalue weighted by Gasteiger charge is -2.31. The van der Waals surface area contributed by atoms with Gasteiger partial charge in [0.25, 0.3) is 0 Å². The Kier molecular flexibility index (Phi) is 4.87. The molecular formula is C16H21N3O2S. The van der Waals surface area contributed by atoms with Crippen LogP contribution in [0.5, 0.6) is 0 Å². The van der Waals surface area contributed by atoms with E-state index < -0.39 is 0 Å². The van der Waals surface area contributed by atoms with Crippen molar-refractivity contribution in [2.45, 2.75) is 44.9 Å². The molecule has 5 nitrogen and oxygen atoms in total. The number of aryl methyl sites for hydroxylation is 2. The Morgan fingerprint density at radius 1 is 1.55 bits per heavy atom. The van der Waals surface area contributed by atoms with Crippen LogP contribution < -0.4 is 0 Å². The van der Waals surface area contributed by atoms with Crippen molar-refractivity contribution in [2.24, 2.45) is 0 Å². The number of hydrogen-bond donors (Lipinski definition) is 0. The summed E-state index contributed by atoms with van der Waals surface area (Å²) < 4.78 is 5.06. The summed E-state index contributed by atoms with van der Waals surface area (Å²) in [6.07, 6.45) is 4.56. The fraction of sp³-hybridized carbons (Fsp3) is 0.562. The Morgan fingerprint density at radius 2 is 2.45 bits per heavy atom. The molecule has 2 aromatic heterocycles. The molecule has 3 heterocycles. The number of amides is 1. The number of aromatic nitrogens is 2. The van der Waals surface area contributed by atoms with Gasteiger partial charge in [-0.25, -0.2) is 0 Å². The standard InChI is InChI=1S/C16H21N3O2S/c1-12-17-16(18-21-12)13-5-3-9-19(11-13)15(20)8-2-6-14-7-4-10-22-14/h4,7,10,13H,2-3,5-6,8-9,11H2,1H3. The van der Waals surface area contributed by atoms with Gasteiger partial charge >= 0.3 is 0 Å². The molecule has 0 bridgehead atoms. The van der Waals surface area contributed by atoms with Crippen LogP contribution in [0.25, 0.3) is 0 Å². The Labute approximate surface area is 134 Å². The van der Waals surface area contributed by atoms with Crippen molar-refractivity contribution in [1.29, 1.82) is 0 Å². The predicted molar refractivity (Wildman–Crippen MR) is 84.8 cm³/mol. The molecule has 1 atom stereocenters. The van der Waals surface area contributed by atoms with Crippen LogP contribution >= 0.6 is 11.3 Å². The van der Waals surface area contributed by atoms with Gasteiger partial charge < -0.3 is 9.42 Å². The zero-order chi connectivity index (χ0) is 15.4. The fourth-order valence-corrected chi connectivity index (χ4v) is 3.67. The third-order valence-electron chi connectivity index (χ3n) is 4.08. The molecule has 0 saturated carbocycles. The molecule has 1 unspecified atom stereocenters. The van der Waals surface area contributed by atoms with Gasteiger partial charge in [-0.15, -0.1) is 11.3 Å². The number of rotatable bonds is 5. The van der Waals surface area contributed by atoms with Crippen molar-refractivity contribution in [2.75, 3.05) is 13.1 Å². The van der Waals surface area contributed by atoms with Crippen LogP contribution in [0.2, 0.25) is 0 Å². The third kappa shape index (κ3) is 3.74. The lowest BCUT2D eigenvalue weighted by Crippen LogP contribution is -2.39. The second-order valence-electron chi connectivity index (χ2n) is 5.78. The zero-order valence-electron chi connectivity index (χ0n) is 12.8. The van der Waals surface area contributed by atoms with E-state index in [1.165, 1.54) is 4.88 Å².